The summed E-state index contributed by atoms with van der Waals surface area (Å²) in [5, 5.41) is 4.54. The lowest BCUT2D eigenvalue weighted by molar-refractivity contribution is -0.122. The van der Waals surface area contributed by atoms with Gasteiger partial charge in [0.1, 0.15) is 18.1 Å². The summed E-state index contributed by atoms with van der Waals surface area (Å²) in [6, 6.07) is 15.9. The first-order valence-electron chi connectivity index (χ1n) is 9.37. The minimum absolute atomic E-state index is 0.0965. The Morgan fingerprint density at radius 1 is 1.21 bits per heavy atom. The van der Waals surface area contributed by atoms with E-state index in [1.807, 2.05) is 55.6 Å². The van der Waals surface area contributed by atoms with Crippen LogP contribution < -0.4 is 10.1 Å². The quantitative estimate of drug-likeness (QED) is 0.424. The number of ether oxygens (including phenoxy) is 1. The number of thiocarbonyl (C=S) groups is 1. The summed E-state index contributed by atoms with van der Waals surface area (Å²) >= 11 is 8.81. The van der Waals surface area contributed by atoms with Gasteiger partial charge < -0.3 is 14.6 Å². The van der Waals surface area contributed by atoms with Gasteiger partial charge in [-0.2, -0.15) is 0 Å². The molecule has 0 atom stereocenters. The molecular weight excluding hydrogens is 450 g/mol. The molecule has 148 valence electrons. The number of nitrogens with zero attached hydrogens (tertiary/aromatic N) is 2. The van der Waals surface area contributed by atoms with Crippen molar-refractivity contribution in [2.75, 3.05) is 13.2 Å². The van der Waals surface area contributed by atoms with Crippen LogP contribution in [0.4, 0.5) is 0 Å². The molecule has 0 unspecified atom stereocenters. The van der Waals surface area contributed by atoms with Crippen LogP contribution in [0.3, 0.4) is 0 Å². The average molecular weight is 470 g/mol. The van der Waals surface area contributed by atoms with Crippen molar-refractivity contribution in [2.45, 2.75) is 13.5 Å². The van der Waals surface area contributed by atoms with Gasteiger partial charge in [0.05, 0.1) is 6.54 Å². The van der Waals surface area contributed by atoms with Gasteiger partial charge in [0, 0.05) is 33.7 Å². The monoisotopic (exact) mass is 469 g/mol. The third kappa shape index (κ3) is 4.06. The Hall–Kier alpha value is -2.64. The van der Waals surface area contributed by atoms with Crippen molar-refractivity contribution in [3.05, 3.63) is 70.5 Å². The maximum absolute atomic E-state index is 12.6. The molecule has 0 bridgehead atoms. The Labute approximate surface area is 183 Å². The number of carbonyl (C=O) groups is 1. The van der Waals surface area contributed by atoms with Gasteiger partial charge in [-0.25, -0.2) is 0 Å². The van der Waals surface area contributed by atoms with Crippen molar-refractivity contribution in [1.82, 2.24) is 14.8 Å². The number of rotatable bonds is 6. The Balaban J connectivity index is 1.63. The lowest BCUT2D eigenvalue weighted by Crippen LogP contribution is -2.30. The molecule has 0 radical (unpaired) electrons. The van der Waals surface area contributed by atoms with Gasteiger partial charge in [0.2, 0.25) is 0 Å². The normalized spacial score (nSPS) is 15.4. The molecule has 4 rings (SSSR count). The van der Waals surface area contributed by atoms with E-state index in [1.165, 1.54) is 0 Å². The molecule has 3 aromatic rings. The number of aromatic nitrogens is 1. The molecule has 1 fully saturated rings. The van der Waals surface area contributed by atoms with Gasteiger partial charge in [0.15, 0.2) is 5.11 Å². The van der Waals surface area contributed by atoms with Crippen molar-refractivity contribution < 1.29 is 9.53 Å². The van der Waals surface area contributed by atoms with Gasteiger partial charge in [-0.15, -0.1) is 0 Å². The second kappa shape index (κ2) is 8.39. The van der Waals surface area contributed by atoms with Gasteiger partial charge in [-0.05, 0) is 55.5 Å². The number of halogens is 1. The highest BCUT2D eigenvalue weighted by atomic mass is 79.9. The number of carbonyl (C=O) groups excluding carboxylic acids is 1. The van der Waals surface area contributed by atoms with Gasteiger partial charge in [-0.3, -0.25) is 9.69 Å². The van der Waals surface area contributed by atoms with Gasteiger partial charge in [0.25, 0.3) is 5.91 Å². The van der Waals surface area contributed by atoms with Crippen LogP contribution in [0.25, 0.3) is 17.0 Å². The molecule has 1 aliphatic heterocycles. The molecule has 0 spiro atoms. The number of fused-ring (bicyclic) bond motifs is 1. The smallest absolute Gasteiger partial charge is 0.276 e. The summed E-state index contributed by atoms with van der Waals surface area (Å²) in [5.41, 5.74) is 2.53. The van der Waals surface area contributed by atoms with E-state index in [1.54, 1.807) is 4.90 Å². The molecule has 0 aliphatic carbocycles. The molecule has 1 N–H and O–H groups in total. The first kappa shape index (κ1) is 19.7. The van der Waals surface area contributed by atoms with E-state index in [0.29, 0.717) is 30.5 Å². The third-order valence-corrected chi connectivity index (χ3v) is 5.61. The molecule has 1 aromatic heterocycles. The number of hydrogen-bond donors (Lipinski definition) is 1. The maximum atomic E-state index is 12.6. The molecule has 0 saturated carbocycles. The van der Waals surface area contributed by atoms with Crippen LogP contribution in [0.2, 0.25) is 0 Å². The Kier molecular flexibility index (Phi) is 5.69. The number of para-hydroxylation sites is 1. The summed E-state index contributed by atoms with van der Waals surface area (Å²) in [6.07, 6.45) is 3.92. The zero-order chi connectivity index (χ0) is 20.4. The zero-order valence-electron chi connectivity index (χ0n) is 15.9. The second-order valence-electron chi connectivity index (χ2n) is 6.64. The van der Waals surface area contributed by atoms with Crippen LogP contribution in [0.1, 0.15) is 12.5 Å². The van der Waals surface area contributed by atoms with E-state index >= 15 is 0 Å². The molecule has 29 heavy (non-hydrogen) atoms. The second-order valence-corrected chi connectivity index (χ2v) is 7.94. The van der Waals surface area contributed by atoms with Crippen molar-refractivity contribution >= 4 is 56.1 Å². The highest BCUT2D eigenvalue weighted by Gasteiger charge is 2.29. The van der Waals surface area contributed by atoms with Crippen LogP contribution in [-0.2, 0) is 11.3 Å². The lowest BCUT2D eigenvalue weighted by atomic mass is 10.1. The fourth-order valence-electron chi connectivity index (χ4n) is 3.39. The van der Waals surface area contributed by atoms with Crippen molar-refractivity contribution in [1.29, 1.82) is 0 Å². The number of benzene rings is 2. The number of nitrogens with one attached hydrogen (secondary N) is 1. The zero-order valence-corrected chi connectivity index (χ0v) is 18.3. The molecule has 5 nitrogen and oxygen atoms in total. The van der Waals surface area contributed by atoms with Crippen LogP contribution in [0.5, 0.6) is 5.75 Å². The third-order valence-electron chi connectivity index (χ3n) is 4.80. The first-order chi connectivity index (χ1) is 14.1. The van der Waals surface area contributed by atoms with E-state index < -0.39 is 0 Å². The predicted molar refractivity (Wildman–Crippen MR) is 123 cm³/mol. The van der Waals surface area contributed by atoms with E-state index in [-0.39, 0.29) is 5.91 Å². The molecular formula is C22H20BrN3O2S. The topological polar surface area (TPSA) is 46.5 Å². The minimum Gasteiger partial charge on any atom is -0.492 e. The molecule has 2 heterocycles. The highest BCUT2D eigenvalue weighted by Crippen LogP contribution is 2.28. The summed E-state index contributed by atoms with van der Waals surface area (Å²) in [5.74, 6) is 0.753. The summed E-state index contributed by atoms with van der Waals surface area (Å²) in [6.45, 7) is 3.69. The molecule has 1 aliphatic rings. The highest BCUT2D eigenvalue weighted by molar-refractivity contribution is 9.10. The first-order valence-corrected chi connectivity index (χ1v) is 10.6. The van der Waals surface area contributed by atoms with Crippen LogP contribution in [0.15, 0.2) is 64.9 Å². The molecule has 7 heteroatoms. The Morgan fingerprint density at radius 2 is 2.00 bits per heavy atom. The van der Waals surface area contributed by atoms with Crippen molar-refractivity contribution in [3.8, 4) is 5.75 Å². The summed E-state index contributed by atoms with van der Waals surface area (Å²) in [7, 11) is 0. The van der Waals surface area contributed by atoms with E-state index in [0.717, 1.165) is 26.7 Å². The van der Waals surface area contributed by atoms with E-state index in [2.05, 4.69) is 37.9 Å². The predicted octanol–water partition coefficient (Wildman–Crippen LogP) is 4.56. The maximum Gasteiger partial charge on any atom is 0.276 e. The molecule has 1 amide bonds. The minimum atomic E-state index is -0.0965. The molecule has 2 aromatic carbocycles. The van der Waals surface area contributed by atoms with E-state index in [9.17, 15) is 4.79 Å². The van der Waals surface area contributed by atoms with E-state index in [4.69, 9.17) is 17.0 Å². The fourth-order valence-corrected chi connectivity index (χ4v) is 4.07. The van der Waals surface area contributed by atoms with Crippen molar-refractivity contribution in [2.24, 2.45) is 0 Å². The number of amides is 1. The number of likely N-dealkylation sites (N-methyl/N-ethyl adjacent to an activating group) is 1. The van der Waals surface area contributed by atoms with Gasteiger partial charge in [-0.1, -0.05) is 34.1 Å². The largest absolute Gasteiger partial charge is 0.492 e. The molecule has 1 saturated heterocycles. The average Bonchev–Trinajstić information content (AvgIpc) is 3.19. The van der Waals surface area contributed by atoms with Crippen LogP contribution in [-0.4, -0.2) is 33.6 Å². The van der Waals surface area contributed by atoms with Crippen LogP contribution >= 0.6 is 28.1 Å². The SMILES string of the molecule is CCN1C(=O)/C(=C/c2cn(CCOc3ccccc3)c3ccc(Br)cc23)NC1=S. The fraction of sp³-hybridized carbons (Fsp3) is 0.182. The Bertz CT molecular complexity index is 1110. The van der Waals surface area contributed by atoms with Gasteiger partial charge >= 0.3 is 0 Å². The van der Waals surface area contributed by atoms with Crippen molar-refractivity contribution in [3.63, 3.8) is 0 Å². The summed E-state index contributed by atoms with van der Waals surface area (Å²) in [4.78, 5) is 14.1. The van der Waals surface area contributed by atoms with Crippen LogP contribution in [0, 0.1) is 0 Å². The lowest BCUT2D eigenvalue weighted by Gasteiger charge is -2.08. The Morgan fingerprint density at radius 3 is 2.72 bits per heavy atom. The standard InChI is InChI=1S/C22H20BrN3O2S/c1-2-26-21(27)19(24-22(26)29)12-15-14-25(20-9-8-16(23)13-18(15)20)10-11-28-17-6-4-3-5-7-17/h3-9,12-14H,2,10-11H2,1H3,(H,24,29)/b19-12-. The summed E-state index contributed by atoms with van der Waals surface area (Å²) < 4.78 is 8.98. The number of hydrogen-bond acceptors (Lipinski definition) is 3.